The predicted octanol–water partition coefficient (Wildman–Crippen LogP) is 5.07. The third-order valence-electron chi connectivity index (χ3n) is 6.34. The zero-order valence-electron chi connectivity index (χ0n) is 20.8. The number of rotatable bonds is 12. The van der Waals surface area contributed by atoms with E-state index in [0.29, 0.717) is 26.4 Å². The summed E-state index contributed by atoms with van der Waals surface area (Å²) in [4.78, 5) is 12.5. The van der Waals surface area contributed by atoms with Crippen molar-refractivity contribution in [2.75, 3.05) is 6.61 Å². The molecule has 1 saturated heterocycles. The highest BCUT2D eigenvalue weighted by Crippen LogP contribution is 2.40. The Kier molecular flexibility index (Phi) is 8.90. The van der Waals surface area contributed by atoms with Crippen LogP contribution in [0.5, 0.6) is 0 Å². The van der Waals surface area contributed by atoms with Crippen LogP contribution < -0.4 is 5.73 Å². The molecule has 2 N–H and O–H groups in total. The second-order valence-electron chi connectivity index (χ2n) is 9.10. The number of carbonyl (C=O) groups is 1. The number of hydrogen-bond donors (Lipinski definition) is 1. The van der Waals surface area contributed by atoms with Crippen molar-refractivity contribution in [3.63, 3.8) is 0 Å². The van der Waals surface area contributed by atoms with Crippen LogP contribution in [-0.4, -0.2) is 35.2 Å². The first-order chi connectivity index (χ1) is 18.7. The van der Waals surface area contributed by atoms with Gasteiger partial charge in [-0.15, -0.1) is 0 Å². The molecular formula is C30H30N2O5S. The molecule has 7 nitrogen and oxygen atoms in total. The average Bonchev–Trinajstić information content (AvgIpc) is 3.58. The molecule has 38 heavy (non-hydrogen) atoms. The first-order valence-electron chi connectivity index (χ1n) is 12.5. The van der Waals surface area contributed by atoms with E-state index in [9.17, 15) is 4.79 Å². The maximum absolute atomic E-state index is 11.7. The molecule has 5 rings (SSSR count). The fourth-order valence-electron chi connectivity index (χ4n) is 4.41. The number of benzene rings is 3. The quantitative estimate of drug-likeness (QED) is 0.275. The summed E-state index contributed by atoms with van der Waals surface area (Å²) in [7, 11) is 0. The minimum Gasteiger partial charge on any atom is -0.374 e. The van der Waals surface area contributed by atoms with E-state index < -0.39 is 30.3 Å². The molecule has 4 atom stereocenters. The van der Waals surface area contributed by atoms with E-state index in [1.165, 1.54) is 11.5 Å². The Morgan fingerprint density at radius 3 is 1.84 bits per heavy atom. The van der Waals surface area contributed by atoms with Crippen molar-refractivity contribution in [1.29, 1.82) is 0 Å². The fourth-order valence-corrected chi connectivity index (χ4v) is 5.22. The van der Waals surface area contributed by atoms with E-state index in [-0.39, 0.29) is 5.69 Å². The molecule has 1 amide bonds. The summed E-state index contributed by atoms with van der Waals surface area (Å²) < 4.78 is 29.8. The van der Waals surface area contributed by atoms with Gasteiger partial charge in [0.15, 0.2) is 0 Å². The van der Waals surface area contributed by atoms with Crippen molar-refractivity contribution in [3.05, 3.63) is 124 Å². The average molecular weight is 531 g/mol. The van der Waals surface area contributed by atoms with Gasteiger partial charge in [0.25, 0.3) is 5.91 Å². The number of amides is 1. The molecule has 8 heteroatoms. The number of nitrogens with two attached hydrogens (primary N) is 1. The molecule has 0 unspecified atom stereocenters. The smallest absolute Gasteiger partial charge is 0.268 e. The molecule has 2 heterocycles. The van der Waals surface area contributed by atoms with Crippen molar-refractivity contribution in [3.8, 4) is 0 Å². The van der Waals surface area contributed by atoms with Gasteiger partial charge in [-0.25, -0.2) is 0 Å². The largest absolute Gasteiger partial charge is 0.374 e. The number of nitrogens with zero attached hydrogens (tertiary/aromatic N) is 1. The Bertz CT molecular complexity index is 1290. The lowest BCUT2D eigenvalue weighted by Crippen LogP contribution is -2.37. The van der Waals surface area contributed by atoms with Crippen LogP contribution in [0.15, 0.2) is 97.1 Å². The van der Waals surface area contributed by atoms with Gasteiger partial charge in [-0.3, -0.25) is 4.79 Å². The third kappa shape index (κ3) is 6.72. The zero-order chi connectivity index (χ0) is 26.2. The van der Waals surface area contributed by atoms with Crippen molar-refractivity contribution < 1.29 is 23.7 Å². The Hall–Kier alpha value is -3.40. The van der Waals surface area contributed by atoms with Crippen LogP contribution in [0.4, 0.5) is 0 Å². The molecule has 3 aromatic carbocycles. The Morgan fingerprint density at radius 2 is 1.32 bits per heavy atom. The summed E-state index contributed by atoms with van der Waals surface area (Å²) in [6.07, 6.45) is -1.76. The fraction of sp³-hybridized carbons (Fsp3) is 0.267. The molecule has 1 fully saturated rings. The number of carbonyl (C=O) groups excluding carboxylic acids is 1. The number of aromatic nitrogens is 1. The summed E-state index contributed by atoms with van der Waals surface area (Å²) in [6, 6.07) is 31.6. The summed E-state index contributed by atoms with van der Waals surface area (Å²) in [5.41, 5.74) is 8.85. The van der Waals surface area contributed by atoms with Crippen LogP contribution in [0.25, 0.3) is 0 Å². The molecule has 0 bridgehead atoms. The molecule has 1 aliphatic heterocycles. The Balaban J connectivity index is 1.38. The van der Waals surface area contributed by atoms with Gasteiger partial charge in [0.2, 0.25) is 0 Å². The van der Waals surface area contributed by atoms with Gasteiger partial charge in [0.1, 0.15) is 30.1 Å². The van der Waals surface area contributed by atoms with Crippen molar-refractivity contribution in [2.24, 2.45) is 5.73 Å². The minimum absolute atomic E-state index is 0.209. The van der Waals surface area contributed by atoms with Crippen LogP contribution >= 0.6 is 11.5 Å². The topological polar surface area (TPSA) is 92.9 Å². The van der Waals surface area contributed by atoms with Crippen LogP contribution in [0.2, 0.25) is 0 Å². The van der Waals surface area contributed by atoms with Gasteiger partial charge in [-0.05, 0) is 34.3 Å². The monoisotopic (exact) mass is 530 g/mol. The van der Waals surface area contributed by atoms with Crippen molar-refractivity contribution in [2.45, 2.75) is 44.2 Å². The van der Waals surface area contributed by atoms with E-state index in [4.69, 9.17) is 24.7 Å². The molecule has 0 saturated carbocycles. The zero-order valence-corrected chi connectivity index (χ0v) is 21.7. The van der Waals surface area contributed by atoms with Gasteiger partial charge in [0.05, 0.1) is 31.3 Å². The van der Waals surface area contributed by atoms with Crippen LogP contribution in [-0.2, 0) is 38.8 Å². The highest BCUT2D eigenvalue weighted by atomic mass is 32.1. The number of primary amides is 1. The van der Waals surface area contributed by atoms with Gasteiger partial charge in [-0.2, -0.15) is 4.37 Å². The highest BCUT2D eigenvalue weighted by molar-refractivity contribution is 7.06. The van der Waals surface area contributed by atoms with E-state index >= 15 is 0 Å². The second-order valence-corrected chi connectivity index (χ2v) is 9.93. The van der Waals surface area contributed by atoms with Crippen LogP contribution in [0, 0.1) is 0 Å². The molecular weight excluding hydrogens is 500 g/mol. The lowest BCUT2D eigenvalue weighted by atomic mass is 10.1. The van der Waals surface area contributed by atoms with E-state index in [1.54, 1.807) is 6.07 Å². The number of ether oxygens (including phenoxy) is 4. The van der Waals surface area contributed by atoms with Gasteiger partial charge in [0, 0.05) is 0 Å². The Labute approximate surface area is 226 Å². The van der Waals surface area contributed by atoms with Crippen molar-refractivity contribution in [1.82, 2.24) is 4.37 Å². The lowest BCUT2D eigenvalue weighted by Gasteiger charge is -2.25. The standard InChI is InChI=1S/C30H30N2O5S/c31-30(33)24-16-26(38-32-24)28-29(36-19-23-14-8-3-9-15-23)27(35-18-22-12-6-2-7-13-22)25(37-28)20-34-17-21-10-4-1-5-11-21/h1-16,25,27-29H,17-20H2,(H2,31,33)/t25-,27-,28+,29-/m1/s1. The van der Waals surface area contributed by atoms with E-state index in [2.05, 4.69) is 4.37 Å². The first kappa shape index (κ1) is 26.2. The van der Waals surface area contributed by atoms with Gasteiger partial charge < -0.3 is 24.7 Å². The third-order valence-corrected chi connectivity index (χ3v) is 7.18. The minimum atomic E-state index is -0.577. The normalized spacial score (nSPS) is 20.9. The summed E-state index contributed by atoms with van der Waals surface area (Å²) in [6.45, 7) is 1.56. The predicted molar refractivity (Wildman–Crippen MR) is 144 cm³/mol. The van der Waals surface area contributed by atoms with Crippen molar-refractivity contribution >= 4 is 17.4 Å². The molecule has 0 aliphatic carbocycles. The molecule has 196 valence electrons. The Morgan fingerprint density at radius 1 is 0.789 bits per heavy atom. The molecule has 0 radical (unpaired) electrons. The van der Waals surface area contributed by atoms with Crippen LogP contribution in [0.3, 0.4) is 0 Å². The molecule has 1 aromatic heterocycles. The van der Waals surface area contributed by atoms with E-state index in [0.717, 1.165) is 21.6 Å². The second kappa shape index (κ2) is 12.9. The summed E-state index contributed by atoms with van der Waals surface area (Å²) in [5.74, 6) is -0.577. The van der Waals surface area contributed by atoms with Crippen LogP contribution in [0.1, 0.15) is 38.2 Å². The number of hydrogen-bond acceptors (Lipinski definition) is 7. The maximum Gasteiger partial charge on any atom is 0.268 e. The lowest BCUT2D eigenvalue weighted by molar-refractivity contribution is -0.0898. The summed E-state index contributed by atoms with van der Waals surface area (Å²) in [5, 5.41) is 0. The molecule has 4 aromatic rings. The van der Waals surface area contributed by atoms with Gasteiger partial charge >= 0.3 is 0 Å². The SMILES string of the molecule is NC(=O)c1cc([C@@H]2O[C@H](COCc3ccccc3)[C@@H](OCc3ccccc3)[C@H]2OCc2ccccc2)sn1. The maximum atomic E-state index is 11.7. The molecule has 1 aliphatic rings. The highest BCUT2D eigenvalue weighted by Gasteiger charge is 2.48. The van der Waals surface area contributed by atoms with Gasteiger partial charge in [-0.1, -0.05) is 91.0 Å². The first-order valence-corrected chi connectivity index (χ1v) is 13.3. The van der Waals surface area contributed by atoms with E-state index in [1.807, 2.05) is 91.0 Å². The summed E-state index contributed by atoms with van der Waals surface area (Å²) >= 11 is 1.19. The molecule has 0 spiro atoms.